The van der Waals surface area contributed by atoms with E-state index < -0.39 is 0 Å². The van der Waals surface area contributed by atoms with Crippen LogP contribution in [0.2, 0.25) is 5.02 Å². The van der Waals surface area contributed by atoms with Crippen LogP contribution in [0.25, 0.3) is 11.5 Å². The van der Waals surface area contributed by atoms with Gasteiger partial charge >= 0.3 is 0 Å². The van der Waals surface area contributed by atoms with E-state index in [1.54, 1.807) is 24.1 Å². The maximum atomic E-state index is 13.1. The fourth-order valence-corrected chi connectivity index (χ4v) is 4.74. The maximum absolute atomic E-state index is 13.1. The molecule has 5 rings (SSSR count). The third kappa shape index (κ3) is 4.50. The molecule has 2 aromatic carbocycles. The summed E-state index contributed by atoms with van der Waals surface area (Å²) in [5.74, 6) is 1.68. The third-order valence-electron chi connectivity index (χ3n) is 6.56. The van der Waals surface area contributed by atoms with Gasteiger partial charge in [0.05, 0.1) is 13.0 Å². The predicted octanol–water partition coefficient (Wildman–Crippen LogP) is 4.16. The smallest absolute Gasteiger partial charge is 0.257 e. The second-order valence-electron chi connectivity index (χ2n) is 8.67. The van der Waals surface area contributed by atoms with Gasteiger partial charge in [-0.1, -0.05) is 16.8 Å². The topological polar surface area (TPSA) is 88.8 Å². The SMILES string of the molecule is COc1ccc(N2C[C@@H](C(=O)N3CCC(c4noc(-c5ccc(Cl)cc5)n4)CC3)CC2=O)cc1. The Kier molecular flexibility index (Phi) is 6.24. The van der Waals surface area contributed by atoms with Crippen LogP contribution >= 0.6 is 11.6 Å². The summed E-state index contributed by atoms with van der Waals surface area (Å²) in [5, 5.41) is 4.82. The van der Waals surface area contributed by atoms with Crippen molar-refractivity contribution in [2.45, 2.75) is 25.2 Å². The lowest BCUT2D eigenvalue weighted by molar-refractivity contribution is -0.136. The lowest BCUT2D eigenvalue weighted by atomic mass is 9.95. The van der Waals surface area contributed by atoms with Crippen LogP contribution in [0.5, 0.6) is 5.75 Å². The molecule has 3 heterocycles. The molecule has 1 aromatic heterocycles. The summed E-state index contributed by atoms with van der Waals surface area (Å²) in [6, 6.07) is 14.6. The maximum Gasteiger partial charge on any atom is 0.257 e. The quantitative estimate of drug-likeness (QED) is 0.545. The Balaban J connectivity index is 1.18. The number of anilines is 1. The average Bonchev–Trinajstić information content (AvgIpc) is 3.52. The molecule has 0 saturated carbocycles. The van der Waals surface area contributed by atoms with Gasteiger partial charge in [0.2, 0.25) is 11.8 Å². The van der Waals surface area contributed by atoms with Gasteiger partial charge in [0, 0.05) is 48.2 Å². The van der Waals surface area contributed by atoms with E-state index in [1.807, 2.05) is 41.3 Å². The Morgan fingerprint density at radius 3 is 2.47 bits per heavy atom. The zero-order valence-electron chi connectivity index (χ0n) is 18.8. The van der Waals surface area contributed by atoms with Crippen LogP contribution in [0.15, 0.2) is 53.1 Å². The summed E-state index contributed by atoms with van der Waals surface area (Å²) < 4.78 is 10.6. The molecular weight excluding hydrogens is 456 g/mol. The Hall–Kier alpha value is -3.39. The fraction of sp³-hybridized carbons (Fsp3) is 0.360. The van der Waals surface area contributed by atoms with Gasteiger partial charge in [-0.05, 0) is 61.4 Å². The molecule has 34 heavy (non-hydrogen) atoms. The Bertz CT molecular complexity index is 1170. The molecule has 0 unspecified atom stereocenters. The van der Waals surface area contributed by atoms with Crippen LogP contribution in [-0.2, 0) is 9.59 Å². The number of likely N-dealkylation sites (tertiary alicyclic amines) is 1. The minimum absolute atomic E-state index is 0.0278. The van der Waals surface area contributed by atoms with E-state index in [4.69, 9.17) is 20.9 Å². The van der Waals surface area contributed by atoms with Gasteiger partial charge in [-0.25, -0.2) is 0 Å². The summed E-state index contributed by atoms with van der Waals surface area (Å²) in [4.78, 5) is 33.9. The number of ether oxygens (including phenoxy) is 1. The normalized spacial score (nSPS) is 19.0. The first kappa shape index (κ1) is 22.4. The molecule has 9 heteroatoms. The molecule has 3 aromatic rings. The highest BCUT2D eigenvalue weighted by atomic mass is 35.5. The number of methoxy groups -OCH3 is 1. The number of rotatable bonds is 5. The van der Waals surface area contributed by atoms with E-state index in [9.17, 15) is 9.59 Å². The number of hydrogen-bond acceptors (Lipinski definition) is 6. The standard InChI is InChI=1S/C25H25ClN4O4/c1-33-21-8-6-20(7-9-21)30-15-18(14-22(30)31)25(32)29-12-10-16(11-13-29)23-27-24(34-28-23)17-2-4-19(26)5-3-17/h2-9,16,18H,10-15H2,1H3/t18-/m0/s1. The number of nitrogens with zero attached hydrogens (tertiary/aromatic N) is 4. The van der Waals surface area contributed by atoms with Gasteiger partial charge in [-0.15, -0.1) is 0 Å². The molecule has 0 radical (unpaired) electrons. The first-order valence-electron chi connectivity index (χ1n) is 11.3. The van der Waals surface area contributed by atoms with Crippen molar-refractivity contribution in [3.05, 3.63) is 59.4 Å². The summed E-state index contributed by atoms with van der Waals surface area (Å²) >= 11 is 5.95. The molecule has 8 nitrogen and oxygen atoms in total. The molecule has 2 saturated heterocycles. The first-order valence-corrected chi connectivity index (χ1v) is 11.7. The van der Waals surface area contributed by atoms with E-state index in [2.05, 4.69) is 10.1 Å². The van der Waals surface area contributed by atoms with Gasteiger partial charge in [0.25, 0.3) is 5.89 Å². The van der Waals surface area contributed by atoms with E-state index in [-0.39, 0.29) is 30.1 Å². The number of carbonyl (C=O) groups is 2. The Morgan fingerprint density at radius 2 is 1.79 bits per heavy atom. The summed E-state index contributed by atoms with van der Waals surface area (Å²) in [5.41, 5.74) is 1.61. The average molecular weight is 481 g/mol. The first-order chi connectivity index (χ1) is 16.5. The van der Waals surface area contributed by atoms with Crippen LogP contribution < -0.4 is 9.64 Å². The largest absolute Gasteiger partial charge is 0.497 e. The van der Waals surface area contributed by atoms with Crippen molar-refractivity contribution in [3.8, 4) is 17.2 Å². The highest BCUT2D eigenvalue weighted by Gasteiger charge is 2.38. The van der Waals surface area contributed by atoms with Crippen LogP contribution in [-0.4, -0.2) is 53.6 Å². The van der Waals surface area contributed by atoms with Gasteiger partial charge in [0.1, 0.15) is 5.75 Å². The molecule has 2 aliphatic heterocycles. The van der Waals surface area contributed by atoms with Crippen molar-refractivity contribution in [2.75, 3.05) is 31.6 Å². The summed E-state index contributed by atoms with van der Waals surface area (Å²) in [7, 11) is 1.60. The molecule has 1 atom stereocenters. The summed E-state index contributed by atoms with van der Waals surface area (Å²) in [6.45, 7) is 1.63. The van der Waals surface area contributed by atoms with Gasteiger partial charge in [0.15, 0.2) is 5.82 Å². The fourth-order valence-electron chi connectivity index (χ4n) is 4.61. The third-order valence-corrected chi connectivity index (χ3v) is 6.82. The van der Waals surface area contributed by atoms with E-state index in [0.29, 0.717) is 36.4 Å². The van der Waals surface area contributed by atoms with Crippen molar-refractivity contribution in [3.63, 3.8) is 0 Å². The number of piperidine rings is 1. The minimum atomic E-state index is -0.326. The zero-order chi connectivity index (χ0) is 23.7. The number of halogens is 1. The molecule has 0 bridgehead atoms. The van der Waals surface area contributed by atoms with Crippen molar-refractivity contribution in [1.29, 1.82) is 0 Å². The second-order valence-corrected chi connectivity index (χ2v) is 9.10. The number of amides is 2. The molecule has 2 fully saturated rings. The monoisotopic (exact) mass is 480 g/mol. The number of hydrogen-bond donors (Lipinski definition) is 0. The van der Waals surface area contributed by atoms with Gasteiger partial charge in [-0.3, -0.25) is 9.59 Å². The van der Waals surface area contributed by atoms with Crippen molar-refractivity contribution in [1.82, 2.24) is 15.0 Å². The molecule has 0 N–H and O–H groups in total. The van der Waals surface area contributed by atoms with Crippen molar-refractivity contribution < 1.29 is 18.8 Å². The van der Waals surface area contributed by atoms with Crippen molar-refractivity contribution >= 4 is 29.1 Å². The lowest BCUT2D eigenvalue weighted by Crippen LogP contribution is -2.42. The number of carbonyl (C=O) groups excluding carboxylic acids is 2. The number of aromatic nitrogens is 2. The molecule has 2 amide bonds. The Labute approximate surface area is 202 Å². The molecule has 176 valence electrons. The molecule has 2 aliphatic rings. The van der Waals surface area contributed by atoms with E-state index in [1.165, 1.54) is 0 Å². The molecule has 0 aliphatic carbocycles. The number of benzene rings is 2. The second kappa shape index (κ2) is 9.46. The minimum Gasteiger partial charge on any atom is -0.497 e. The zero-order valence-corrected chi connectivity index (χ0v) is 19.6. The van der Waals surface area contributed by atoms with Crippen LogP contribution in [0.1, 0.15) is 31.0 Å². The highest BCUT2D eigenvalue weighted by molar-refractivity contribution is 6.30. The van der Waals surface area contributed by atoms with Gasteiger partial charge < -0.3 is 19.1 Å². The van der Waals surface area contributed by atoms with Gasteiger partial charge in [-0.2, -0.15) is 4.98 Å². The van der Waals surface area contributed by atoms with Crippen LogP contribution in [0.3, 0.4) is 0 Å². The van der Waals surface area contributed by atoms with Crippen LogP contribution in [0, 0.1) is 5.92 Å². The van der Waals surface area contributed by atoms with E-state index in [0.717, 1.165) is 29.8 Å². The molecule has 0 spiro atoms. The highest BCUT2D eigenvalue weighted by Crippen LogP contribution is 2.32. The lowest BCUT2D eigenvalue weighted by Gasteiger charge is -2.32. The Morgan fingerprint density at radius 1 is 1.09 bits per heavy atom. The predicted molar refractivity (Wildman–Crippen MR) is 127 cm³/mol. The summed E-state index contributed by atoms with van der Waals surface area (Å²) in [6.07, 6.45) is 1.75. The molecular formula is C25H25ClN4O4. The van der Waals surface area contributed by atoms with Crippen molar-refractivity contribution in [2.24, 2.45) is 5.92 Å². The van der Waals surface area contributed by atoms with Crippen LogP contribution in [0.4, 0.5) is 5.69 Å². The van der Waals surface area contributed by atoms with E-state index >= 15 is 0 Å².